The van der Waals surface area contributed by atoms with Crippen molar-refractivity contribution in [3.8, 4) is 0 Å². The molecule has 1 aliphatic rings. The monoisotopic (exact) mass is 235 g/mol. The van der Waals surface area contributed by atoms with E-state index in [4.69, 9.17) is 5.73 Å². The lowest BCUT2D eigenvalue weighted by Crippen LogP contribution is -2.10. The quantitative estimate of drug-likeness (QED) is 0.776. The topological polar surface area (TPSA) is 77.2 Å². The minimum absolute atomic E-state index is 0.338. The third kappa shape index (κ3) is 2.49. The smallest absolute Gasteiger partial charge is 0.340 e. The molecule has 0 spiro atoms. The molecule has 5 nitrogen and oxygen atoms in total. The third-order valence-corrected chi connectivity index (χ3v) is 3.12. The number of pyridine rings is 1. The van der Waals surface area contributed by atoms with Gasteiger partial charge in [0.2, 0.25) is 0 Å². The van der Waals surface area contributed by atoms with E-state index in [-0.39, 0.29) is 0 Å². The number of carbonyl (C=O) groups is 1. The molecule has 0 bridgehead atoms. The van der Waals surface area contributed by atoms with E-state index in [1.54, 1.807) is 6.07 Å². The van der Waals surface area contributed by atoms with Crippen molar-refractivity contribution in [1.29, 1.82) is 0 Å². The van der Waals surface area contributed by atoms with Crippen LogP contribution >= 0.6 is 0 Å². The molecule has 0 saturated heterocycles. The van der Waals surface area contributed by atoms with E-state index < -0.39 is 5.97 Å². The van der Waals surface area contributed by atoms with Gasteiger partial charge >= 0.3 is 5.97 Å². The summed E-state index contributed by atoms with van der Waals surface area (Å²) in [6.07, 6.45) is 3.81. The third-order valence-electron chi connectivity index (χ3n) is 3.12. The van der Waals surface area contributed by atoms with Crippen LogP contribution in [-0.2, 0) is 4.74 Å². The average molecular weight is 235 g/mol. The molecule has 17 heavy (non-hydrogen) atoms. The molecule has 1 aromatic rings. The number of nitrogens with one attached hydrogen (secondary N) is 1. The second-order valence-electron chi connectivity index (χ2n) is 4.30. The van der Waals surface area contributed by atoms with Crippen molar-refractivity contribution in [3.63, 3.8) is 0 Å². The molecule has 3 N–H and O–H groups in total. The van der Waals surface area contributed by atoms with Gasteiger partial charge in [-0.2, -0.15) is 0 Å². The Kier molecular flexibility index (Phi) is 3.17. The Morgan fingerprint density at radius 3 is 3.06 bits per heavy atom. The SMILES string of the molecule is CCC1CC1Nc1cc(C(=O)OC)c(N)cn1. The number of nitrogens with two attached hydrogens (primary N) is 1. The molecular formula is C12H17N3O2. The number of hydrogen-bond donors (Lipinski definition) is 2. The summed E-state index contributed by atoms with van der Waals surface area (Å²) in [5.74, 6) is 0.965. The van der Waals surface area contributed by atoms with Crippen molar-refractivity contribution in [2.45, 2.75) is 25.8 Å². The molecule has 2 rings (SSSR count). The zero-order valence-electron chi connectivity index (χ0n) is 10.1. The van der Waals surface area contributed by atoms with Crippen molar-refractivity contribution in [2.75, 3.05) is 18.2 Å². The van der Waals surface area contributed by atoms with Crippen LogP contribution < -0.4 is 11.1 Å². The summed E-state index contributed by atoms with van der Waals surface area (Å²) in [6.45, 7) is 2.17. The number of esters is 1. The second-order valence-corrected chi connectivity index (χ2v) is 4.30. The predicted octanol–water partition coefficient (Wildman–Crippen LogP) is 1.66. The van der Waals surface area contributed by atoms with E-state index in [9.17, 15) is 4.79 Å². The number of anilines is 2. The first-order chi connectivity index (χ1) is 8.15. The van der Waals surface area contributed by atoms with Gasteiger partial charge in [0, 0.05) is 6.04 Å². The van der Waals surface area contributed by atoms with Crippen molar-refractivity contribution in [2.24, 2.45) is 5.92 Å². The Hall–Kier alpha value is -1.78. The summed E-state index contributed by atoms with van der Waals surface area (Å²) < 4.78 is 4.66. The highest BCUT2D eigenvalue weighted by molar-refractivity contribution is 5.95. The number of aromatic nitrogens is 1. The van der Waals surface area contributed by atoms with Crippen LogP contribution in [-0.4, -0.2) is 24.1 Å². The lowest BCUT2D eigenvalue weighted by molar-refractivity contribution is 0.0602. The van der Waals surface area contributed by atoms with Crippen LogP contribution in [0.25, 0.3) is 0 Å². The Morgan fingerprint density at radius 2 is 2.47 bits per heavy atom. The highest BCUT2D eigenvalue weighted by Crippen LogP contribution is 2.35. The first-order valence-corrected chi connectivity index (χ1v) is 5.76. The summed E-state index contributed by atoms with van der Waals surface area (Å²) in [4.78, 5) is 15.6. The zero-order valence-corrected chi connectivity index (χ0v) is 10.1. The maximum absolute atomic E-state index is 11.5. The fourth-order valence-electron chi connectivity index (χ4n) is 1.90. The van der Waals surface area contributed by atoms with E-state index in [0.29, 0.717) is 23.1 Å². The first kappa shape index (κ1) is 11.7. The zero-order chi connectivity index (χ0) is 12.4. The molecular weight excluding hydrogens is 218 g/mol. The minimum atomic E-state index is -0.434. The minimum Gasteiger partial charge on any atom is -0.465 e. The van der Waals surface area contributed by atoms with Gasteiger partial charge in [0.05, 0.1) is 24.6 Å². The Bertz CT molecular complexity index is 434. The number of carbonyl (C=O) groups excluding carboxylic acids is 1. The molecule has 0 aliphatic heterocycles. The summed E-state index contributed by atoms with van der Waals surface area (Å²) in [6, 6.07) is 2.12. The molecule has 1 aliphatic carbocycles. The van der Waals surface area contributed by atoms with Gasteiger partial charge in [0.25, 0.3) is 0 Å². The van der Waals surface area contributed by atoms with Gasteiger partial charge < -0.3 is 15.8 Å². The summed E-state index contributed by atoms with van der Waals surface area (Å²) in [5, 5.41) is 3.29. The standard InChI is InChI=1S/C12H17N3O2/c1-3-7-4-10(7)15-11-5-8(12(16)17-2)9(13)6-14-11/h5-7,10H,3-4,13H2,1-2H3,(H,14,15). The van der Waals surface area contributed by atoms with Gasteiger partial charge in [-0.05, 0) is 18.4 Å². The Balaban J connectivity index is 2.11. The molecule has 1 saturated carbocycles. The Morgan fingerprint density at radius 1 is 1.71 bits per heavy atom. The van der Waals surface area contributed by atoms with Crippen molar-refractivity contribution >= 4 is 17.5 Å². The number of ether oxygens (including phenoxy) is 1. The molecule has 5 heteroatoms. The number of nitrogens with zero attached hydrogens (tertiary/aromatic N) is 1. The first-order valence-electron chi connectivity index (χ1n) is 5.76. The Labute approximate surface area is 100 Å². The lowest BCUT2D eigenvalue weighted by atomic mass is 10.2. The van der Waals surface area contributed by atoms with E-state index in [2.05, 4.69) is 22.0 Å². The molecule has 2 atom stereocenters. The van der Waals surface area contributed by atoms with Gasteiger partial charge in [-0.1, -0.05) is 13.3 Å². The van der Waals surface area contributed by atoms with Gasteiger partial charge in [-0.15, -0.1) is 0 Å². The van der Waals surface area contributed by atoms with E-state index in [1.807, 2.05) is 0 Å². The number of hydrogen-bond acceptors (Lipinski definition) is 5. The van der Waals surface area contributed by atoms with Crippen molar-refractivity contribution in [1.82, 2.24) is 4.98 Å². The molecule has 1 aromatic heterocycles. The molecule has 0 radical (unpaired) electrons. The van der Waals surface area contributed by atoms with Crippen LogP contribution in [0.1, 0.15) is 30.1 Å². The van der Waals surface area contributed by atoms with Crippen molar-refractivity contribution in [3.05, 3.63) is 17.8 Å². The van der Waals surface area contributed by atoms with Crippen LogP contribution in [0.5, 0.6) is 0 Å². The van der Waals surface area contributed by atoms with Crippen LogP contribution in [0, 0.1) is 5.92 Å². The maximum atomic E-state index is 11.5. The maximum Gasteiger partial charge on any atom is 0.340 e. The van der Waals surface area contributed by atoms with Crippen LogP contribution in [0.3, 0.4) is 0 Å². The molecule has 2 unspecified atom stereocenters. The highest BCUT2D eigenvalue weighted by Gasteiger charge is 2.35. The summed E-state index contributed by atoms with van der Waals surface area (Å²) in [5.41, 5.74) is 6.37. The van der Waals surface area contributed by atoms with Gasteiger partial charge in [-0.25, -0.2) is 9.78 Å². The van der Waals surface area contributed by atoms with Crippen LogP contribution in [0.15, 0.2) is 12.3 Å². The van der Waals surface area contributed by atoms with E-state index in [0.717, 1.165) is 18.8 Å². The largest absolute Gasteiger partial charge is 0.465 e. The number of nitrogen functional groups attached to an aromatic ring is 1. The van der Waals surface area contributed by atoms with Gasteiger partial charge in [0.15, 0.2) is 0 Å². The van der Waals surface area contributed by atoms with Crippen LogP contribution in [0.2, 0.25) is 0 Å². The second kappa shape index (κ2) is 4.61. The summed E-state index contributed by atoms with van der Waals surface area (Å²) >= 11 is 0. The number of rotatable bonds is 4. The molecule has 92 valence electrons. The van der Waals surface area contributed by atoms with E-state index in [1.165, 1.54) is 13.3 Å². The molecule has 1 fully saturated rings. The fourth-order valence-corrected chi connectivity index (χ4v) is 1.90. The number of methoxy groups -OCH3 is 1. The average Bonchev–Trinajstić information content (AvgIpc) is 3.09. The van der Waals surface area contributed by atoms with Gasteiger partial charge in [-0.3, -0.25) is 0 Å². The summed E-state index contributed by atoms with van der Waals surface area (Å²) in [7, 11) is 1.34. The molecule has 0 amide bonds. The van der Waals surface area contributed by atoms with Crippen molar-refractivity contribution < 1.29 is 9.53 Å². The fraction of sp³-hybridized carbons (Fsp3) is 0.500. The normalized spacial score (nSPS) is 22.0. The lowest BCUT2D eigenvalue weighted by Gasteiger charge is -2.08. The van der Waals surface area contributed by atoms with E-state index >= 15 is 0 Å². The van der Waals surface area contributed by atoms with Crippen LogP contribution in [0.4, 0.5) is 11.5 Å². The predicted molar refractivity (Wildman–Crippen MR) is 65.8 cm³/mol. The highest BCUT2D eigenvalue weighted by atomic mass is 16.5. The molecule has 0 aromatic carbocycles. The van der Waals surface area contributed by atoms with Gasteiger partial charge in [0.1, 0.15) is 5.82 Å². The molecule has 1 heterocycles.